The van der Waals surface area contributed by atoms with Crippen molar-refractivity contribution in [1.29, 1.82) is 0 Å². The summed E-state index contributed by atoms with van der Waals surface area (Å²) in [5.74, 6) is -0.246. The number of hydrogen-bond donors (Lipinski definition) is 4. The number of anilines is 1. The number of nitrogens with two attached hydrogens (primary N) is 1. The number of rotatable bonds is 5. The molecule has 3 amide bonds. The standard InChI is InChI=1S/C10H15N5O2/c1-12-9(16)8-6-7(2-3-14-8)13-4-5-15-10(11)17/h2-3,6H,4-5H2,1H3,(H,12,16)(H,13,14)(H3,11,15,17). The van der Waals surface area contributed by atoms with E-state index in [2.05, 4.69) is 20.9 Å². The van der Waals surface area contributed by atoms with Crippen LogP contribution in [0.4, 0.5) is 10.5 Å². The Hall–Kier alpha value is -2.31. The zero-order chi connectivity index (χ0) is 12.7. The maximum atomic E-state index is 11.3. The van der Waals surface area contributed by atoms with Crippen LogP contribution in [0.2, 0.25) is 0 Å². The minimum Gasteiger partial charge on any atom is -0.383 e. The van der Waals surface area contributed by atoms with E-state index in [1.165, 1.54) is 6.20 Å². The Morgan fingerprint density at radius 1 is 1.41 bits per heavy atom. The van der Waals surface area contributed by atoms with Crippen LogP contribution in [-0.2, 0) is 0 Å². The molecule has 0 unspecified atom stereocenters. The average Bonchev–Trinajstić information content (AvgIpc) is 2.34. The molecule has 7 nitrogen and oxygen atoms in total. The van der Waals surface area contributed by atoms with Gasteiger partial charge in [0.15, 0.2) is 0 Å². The van der Waals surface area contributed by atoms with Crippen LogP contribution in [-0.4, -0.2) is 37.1 Å². The van der Waals surface area contributed by atoms with Gasteiger partial charge in [-0.15, -0.1) is 0 Å². The third kappa shape index (κ3) is 4.37. The molecule has 0 aliphatic heterocycles. The molecular weight excluding hydrogens is 222 g/mol. The first-order valence-electron chi connectivity index (χ1n) is 5.09. The summed E-state index contributed by atoms with van der Waals surface area (Å²) in [6, 6.07) is 2.80. The Balaban J connectivity index is 2.48. The van der Waals surface area contributed by atoms with Gasteiger partial charge in [0.25, 0.3) is 5.91 Å². The fourth-order valence-corrected chi connectivity index (χ4v) is 1.19. The Labute approximate surface area is 98.8 Å². The largest absolute Gasteiger partial charge is 0.383 e. The first-order valence-corrected chi connectivity index (χ1v) is 5.09. The summed E-state index contributed by atoms with van der Waals surface area (Å²) >= 11 is 0. The summed E-state index contributed by atoms with van der Waals surface area (Å²) in [7, 11) is 1.54. The maximum Gasteiger partial charge on any atom is 0.312 e. The lowest BCUT2D eigenvalue weighted by Gasteiger charge is -2.07. The second kappa shape index (κ2) is 6.31. The van der Waals surface area contributed by atoms with Gasteiger partial charge in [0.1, 0.15) is 5.69 Å². The third-order valence-electron chi connectivity index (χ3n) is 1.97. The lowest BCUT2D eigenvalue weighted by atomic mass is 10.3. The maximum absolute atomic E-state index is 11.3. The summed E-state index contributed by atoms with van der Waals surface area (Å²) < 4.78 is 0. The van der Waals surface area contributed by atoms with E-state index in [0.717, 1.165) is 5.69 Å². The topological polar surface area (TPSA) is 109 Å². The molecule has 0 saturated heterocycles. The molecule has 1 aromatic heterocycles. The van der Waals surface area contributed by atoms with Crippen LogP contribution in [0.15, 0.2) is 18.3 Å². The molecule has 0 bridgehead atoms. The molecule has 0 aromatic carbocycles. The van der Waals surface area contributed by atoms with Gasteiger partial charge in [-0.2, -0.15) is 0 Å². The number of carbonyl (C=O) groups excluding carboxylic acids is 2. The van der Waals surface area contributed by atoms with Crippen molar-refractivity contribution in [3.63, 3.8) is 0 Å². The number of urea groups is 1. The molecule has 92 valence electrons. The minimum absolute atomic E-state index is 0.246. The quantitative estimate of drug-likeness (QED) is 0.518. The second-order valence-corrected chi connectivity index (χ2v) is 3.23. The first kappa shape index (κ1) is 12.8. The van der Waals surface area contributed by atoms with E-state index >= 15 is 0 Å². The minimum atomic E-state index is -0.562. The van der Waals surface area contributed by atoms with Gasteiger partial charge < -0.3 is 21.7 Å². The molecule has 5 N–H and O–H groups in total. The predicted molar refractivity (Wildman–Crippen MR) is 63.7 cm³/mol. The van der Waals surface area contributed by atoms with Crippen molar-refractivity contribution >= 4 is 17.6 Å². The van der Waals surface area contributed by atoms with Crippen molar-refractivity contribution in [3.05, 3.63) is 24.0 Å². The number of hydrogen-bond acceptors (Lipinski definition) is 4. The van der Waals surface area contributed by atoms with Crippen molar-refractivity contribution in [2.24, 2.45) is 5.73 Å². The number of carbonyl (C=O) groups is 2. The molecule has 0 spiro atoms. The Bertz CT molecular complexity index is 407. The molecule has 0 fully saturated rings. The molecule has 1 rings (SSSR count). The fraction of sp³-hybridized carbons (Fsp3) is 0.300. The number of aromatic nitrogens is 1. The van der Waals surface area contributed by atoms with Gasteiger partial charge in [-0.25, -0.2) is 4.79 Å². The number of amides is 3. The molecule has 0 aliphatic carbocycles. The van der Waals surface area contributed by atoms with Crippen LogP contribution in [0.3, 0.4) is 0 Å². The Morgan fingerprint density at radius 2 is 2.18 bits per heavy atom. The smallest absolute Gasteiger partial charge is 0.312 e. The number of nitrogens with zero attached hydrogens (tertiary/aromatic N) is 1. The van der Waals surface area contributed by atoms with E-state index in [0.29, 0.717) is 18.8 Å². The van der Waals surface area contributed by atoms with Crippen molar-refractivity contribution in [2.45, 2.75) is 0 Å². The molecule has 1 heterocycles. The van der Waals surface area contributed by atoms with Crippen LogP contribution in [0, 0.1) is 0 Å². The van der Waals surface area contributed by atoms with Gasteiger partial charge in [0.05, 0.1) is 0 Å². The second-order valence-electron chi connectivity index (χ2n) is 3.23. The summed E-state index contributed by atoms with van der Waals surface area (Å²) in [5, 5.41) is 7.96. The number of primary amides is 1. The van der Waals surface area contributed by atoms with E-state index in [-0.39, 0.29) is 5.91 Å². The van der Waals surface area contributed by atoms with Gasteiger partial charge in [-0.3, -0.25) is 9.78 Å². The highest BCUT2D eigenvalue weighted by atomic mass is 16.2. The van der Waals surface area contributed by atoms with Crippen LogP contribution in [0.5, 0.6) is 0 Å². The molecule has 0 atom stereocenters. The highest BCUT2D eigenvalue weighted by Gasteiger charge is 2.04. The lowest BCUT2D eigenvalue weighted by Crippen LogP contribution is -2.33. The average molecular weight is 237 g/mol. The lowest BCUT2D eigenvalue weighted by molar-refractivity contribution is 0.0958. The zero-order valence-electron chi connectivity index (χ0n) is 9.49. The van der Waals surface area contributed by atoms with E-state index in [9.17, 15) is 9.59 Å². The summed E-state index contributed by atoms with van der Waals surface area (Å²) in [6.07, 6.45) is 1.54. The van der Waals surface area contributed by atoms with Crippen molar-refractivity contribution < 1.29 is 9.59 Å². The van der Waals surface area contributed by atoms with Gasteiger partial charge in [0, 0.05) is 32.0 Å². The highest BCUT2D eigenvalue weighted by Crippen LogP contribution is 2.06. The van der Waals surface area contributed by atoms with E-state index in [1.807, 2.05) is 0 Å². The van der Waals surface area contributed by atoms with Crippen molar-refractivity contribution in [1.82, 2.24) is 15.6 Å². The monoisotopic (exact) mass is 237 g/mol. The molecule has 17 heavy (non-hydrogen) atoms. The van der Waals surface area contributed by atoms with E-state index in [4.69, 9.17) is 5.73 Å². The highest BCUT2D eigenvalue weighted by molar-refractivity contribution is 5.92. The number of pyridine rings is 1. The van der Waals surface area contributed by atoms with Gasteiger partial charge in [-0.05, 0) is 12.1 Å². The van der Waals surface area contributed by atoms with Gasteiger partial charge >= 0.3 is 6.03 Å². The van der Waals surface area contributed by atoms with Crippen LogP contribution < -0.4 is 21.7 Å². The van der Waals surface area contributed by atoms with Gasteiger partial charge in [-0.1, -0.05) is 0 Å². The van der Waals surface area contributed by atoms with E-state index < -0.39 is 6.03 Å². The number of nitrogens with one attached hydrogen (secondary N) is 3. The molecule has 7 heteroatoms. The van der Waals surface area contributed by atoms with Crippen molar-refractivity contribution in [2.75, 3.05) is 25.5 Å². The third-order valence-corrected chi connectivity index (χ3v) is 1.97. The fourth-order valence-electron chi connectivity index (χ4n) is 1.19. The molecule has 1 aromatic rings. The normalized spacial score (nSPS) is 9.47. The molecule has 0 saturated carbocycles. The molecule has 0 aliphatic rings. The Kier molecular flexibility index (Phi) is 4.74. The SMILES string of the molecule is CNC(=O)c1cc(NCCNC(N)=O)ccn1. The first-order chi connectivity index (χ1) is 8.13. The summed E-state index contributed by atoms with van der Waals surface area (Å²) in [5.41, 5.74) is 6.00. The van der Waals surface area contributed by atoms with Crippen LogP contribution >= 0.6 is 0 Å². The van der Waals surface area contributed by atoms with Crippen molar-refractivity contribution in [3.8, 4) is 0 Å². The van der Waals surface area contributed by atoms with E-state index in [1.54, 1.807) is 19.2 Å². The van der Waals surface area contributed by atoms with Gasteiger partial charge in [0.2, 0.25) is 0 Å². The predicted octanol–water partition coefficient (Wildman–Crippen LogP) is -0.479. The zero-order valence-corrected chi connectivity index (χ0v) is 9.49. The summed E-state index contributed by atoms with van der Waals surface area (Å²) in [6.45, 7) is 0.924. The van der Waals surface area contributed by atoms with Crippen LogP contribution in [0.25, 0.3) is 0 Å². The molecular formula is C10H15N5O2. The summed E-state index contributed by atoms with van der Waals surface area (Å²) in [4.78, 5) is 25.6. The molecule has 0 radical (unpaired) electrons. The van der Waals surface area contributed by atoms with Crippen LogP contribution in [0.1, 0.15) is 10.5 Å². The Morgan fingerprint density at radius 3 is 2.82 bits per heavy atom.